The minimum atomic E-state index is -2.80. The van der Waals surface area contributed by atoms with Crippen LogP contribution < -0.4 is 20.7 Å². The van der Waals surface area contributed by atoms with Crippen molar-refractivity contribution in [1.29, 1.82) is 0 Å². The molecule has 0 aromatic heterocycles. The third-order valence-electron chi connectivity index (χ3n) is 11.8. The Labute approximate surface area is 284 Å². The van der Waals surface area contributed by atoms with E-state index in [0.717, 1.165) is 0 Å². The average Bonchev–Trinajstić information content (AvgIpc) is 3.65. The summed E-state index contributed by atoms with van der Waals surface area (Å²) in [4.78, 5) is 0. The molecule has 0 amide bonds. The van der Waals surface area contributed by atoms with Crippen LogP contribution >= 0.6 is 0 Å². The summed E-state index contributed by atoms with van der Waals surface area (Å²) in [6.07, 6.45) is 0. The molecule has 224 valence electrons. The first kappa shape index (κ1) is 26.0. The number of fused-ring (bicyclic) bond motifs is 10. The van der Waals surface area contributed by atoms with Crippen LogP contribution in [0.3, 0.4) is 0 Å². The molecule has 0 fully saturated rings. The van der Waals surface area contributed by atoms with Crippen molar-refractivity contribution >= 4 is 93.5 Å². The molecule has 0 saturated heterocycles. The van der Waals surface area contributed by atoms with Gasteiger partial charge >= 0.3 is 0 Å². The molecule has 0 radical (unpaired) electrons. The SMILES string of the molecule is c1ccc(-c2cc3c4c(c2)c2ccccc2c2cccc(c24)[Si]32c3cccc4c5ccccc5c5cc(-c6ccccc6)cc2c5c34)cc1. The first-order valence-electron chi connectivity index (χ1n) is 17.3. The van der Waals surface area contributed by atoms with Gasteiger partial charge in [0.05, 0.1) is 0 Å². The van der Waals surface area contributed by atoms with Gasteiger partial charge in [-0.25, -0.2) is 0 Å². The Morgan fingerprint density at radius 1 is 0.224 bits per heavy atom. The van der Waals surface area contributed by atoms with Gasteiger partial charge in [0.15, 0.2) is 8.07 Å². The maximum atomic E-state index is 2.60. The molecule has 0 saturated carbocycles. The second-order valence-electron chi connectivity index (χ2n) is 13.9. The molecule has 2 aliphatic rings. The Kier molecular flexibility index (Phi) is 4.83. The first-order valence-corrected chi connectivity index (χ1v) is 19.3. The van der Waals surface area contributed by atoms with E-state index in [1.807, 2.05) is 0 Å². The highest BCUT2D eigenvalue weighted by molar-refractivity contribution is 7.26. The zero-order chi connectivity index (χ0) is 31.8. The minimum Gasteiger partial charge on any atom is -0.0622 e. The van der Waals surface area contributed by atoms with Crippen LogP contribution in [0, 0.1) is 0 Å². The highest BCUT2D eigenvalue weighted by Crippen LogP contribution is 2.45. The molecule has 0 nitrogen and oxygen atoms in total. The summed E-state index contributed by atoms with van der Waals surface area (Å²) in [5.41, 5.74) is 5.15. The van der Waals surface area contributed by atoms with E-state index in [-0.39, 0.29) is 0 Å². The normalized spacial score (nSPS) is 13.9. The van der Waals surface area contributed by atoms with Gasteiger partial charge in [0.1, 0.15) is 0 Å². The van der Waals surface area contributed by atoms with Gasteiger partial charge in [-0.2, -0.15) is 0 Å². The number of hydrogen-bond acceptors (Lipinski definition) is 0. The molecule has 0 N–H and O–H groups in total. The summed E-state index contributed by atoms with van der Waals surface area (Å²) in [5.74, 6) is 0. The average molecular weight is 633 g/mol. The van der Waals surface area contributed by atoms with Gasteiger partial charge in [0, 0.05) is 0 Å². The topological polar surface area (TPSA) is 0 Å². The minimum absolute atomic E-state index is 1.27. The zero-order valence-electron chi connectivity index (χ0n) is 26.7. The molecular formula is C48H28Si. The monoisotopic (exact) mass is 632 g/mol. The zero-order valence-corrected chi connectivity index (χ0v) is 27.7. The highest BCUT2D eigenvalue weighted by atomic mass is 28.3. The summed E-state index contributed by atoms with van der Waals surface area (Å²) in [6, 6.07) is 64.8. The molecule has 2 aliphatic heterocycles. The molecule has 12 rings (SSSR count). The van der Waals surface area contributed by atoms with Crippen molar-refractivity contribution in [2.24, 2.45) is 0 Å². The van der Waals surface area contributed by atoms with Gasteiger partial charge < -0.3 is 0 Å². The lowest BCUT2D eigenvalue weighted by atomic mass is 9.92. The predicted molar refractivity (Wildman–Crippen MR) is 213 cm³/mol. The molecule has 1 spiro atoms. The number of hydrogen-bond donors (Lipinski definition) is 0. The third kappa shape index (κ3) is 3.06. The van der Waals surface area contributed by atoms with Crippen molar-refractivity contribution in [2.45, 2.75) is 0 Å². The van der Waals surface area contributed by atoms with Gasteiger partial charge in [-0.05, 0) is 120 Å². The summed E-state index contributed by atoms with van der Waals surface area (Å²) < 4.78 is 0. The highest BCUT2D eigenvalue weighted by Gasteiger charge is 2.53. The molecule has 0 aliphatic carbocycles. The molecule has 0 bridgehead atoms. The second kappa shape index (κ2) is 9.11. The van der Waals surface area contributed by atoms with Gasteiger partial charge in [-0.15, -0.1) is 0 Å². The largest absolute Gasteiger partial charge is 0.182 e. The molecular weight excluding hydrogens is 605 g/mol. The first-order chi connectivity index (χ1) is 24.3. The second-order valence-corrected chi connectivity index (χ2v) is 17.6. The molecule has 1 heteroatoms. The molecule has 10 aromatic carbocycles. The van der Waals surface area contributed by atoms with Crippen molar-refractivity contribution in [1.82, 2.24) is 0 Å². The molecule has 0 unspecified atom stereocenters. The van der Waals surface area contributed by atoms with Crippen LogP contribution in [0.5, 0.6) is 0 Å². The van der Waals surface area contributed by atoms with Crippen LogP contribution in [0.1, 0.15) is 0 Å². The van der Waals surface area contributed by atoms with Gasteiger partial charge in [-0.3, -0.25) is 0 Å². The Balaban J connectivity index is 1.37. The van der Waals surface area contributed by atoms with Gasteiger partial charge in [0.25, 0.3) is 0 Å². The van der Waals surface area contributed by atoms with Crippen LogP contribution in [0.25, 0.3) is 86.9 Å². The van der Waals surface area contributed by atoms with Crippen molar-refractivity contribution in [2.75, 3.05) is 0 Å². The fourth-order valence-electron chi connectivity index (χ4n) is 9.93. The Morgan fingerprint density at radius 2 is 0.571 bits per heavy atom. The van der Waals surface area contributed by atoms with Crippen molar-refractivity contribution in [3.05, 3.63) is 170 Å². The quantitative estimate of drug-likeness (QED) is 0.131. The Bertz CT molecular complexity index is 2870. The van der Waals surface area contributed by atoms with Crippen molar-refractivity contribution in [3.8, 4) is 22.3 Å². The third-order valence-corrected chi connectivity index (χ3v) is 16.6. The number of rotatable bonds is 2. The van der Waals surface area contributed by atoms with Crippen LogP contribution in [0.2, 0.25) is 0 Å². The van der Waals surface area contributed by atoms with Crippen LogP contribution in [-0.2, 0) is 0 Å². The maximum absolute atomic E-state index is 2.80. The van der Waals surface area contributed by atoms with E-state index in [1.54, 1.807) is 20.7 Å². The summed E-state index contributed by atoms with van der Waals surface area (Å²) in [5, 5.41) is 22.9. The van der Waals surface area contributed by atoms with Crippen molar-refractivity contribution < 1.29 is 0 Å². The van der Waals surface area contributed by atoms with E-state index >= 15 is 0 Å². The standard InChI is InChI=1S/C48H28Si/c1-3-13-29(14-4-1)31-25-39-35-19-9-7-17-33(35)37-21-11-23-41-45(37)47(39)43(27-31)49(41)42-24-12-22-38-34-18-8-10-20-36(34)40-26-32(30-15-5-2-6-16-30)28-44(49)48(40)46(38)42/h1-28H. The van der Waals surface area contributed by atoms with E-state index in [2.05, 4.69) is 170 Å². The van der Waals surface area contributed by atoms with Crippen LogP contribution in [0.4, 0.5) is 0 Å². The Morgan fingerprint density at radius 3 is 1.00 bits per heavy atom. The summed E-state index contributed by atoms with van der Waals surface area (Å²) >= 11 is 0. The molecule has 10 aromatic rings. The van der Waals surface area contributed by atoms with E-state index in [9.17, 15) is 0 Å². The Hall–Kier alpha value is -6.02. The smallest absolute Gasteiger partial charge is 0.0622 e. The van der Waals surface area contributed by atoms with Crippen LogP contribution in [0.15, 0.2) is 170 Å². The van der Waals surface area contributed by atoms with E-state index in [4.69, 9.17) is 0 Å². The van der Waals surface area contributed by atoms with E-state index < -0.39 is 8.07 Å². The lowest BCUT2D eigenvalue weighted by Gasteiger charge is -2.29. The van der Waals surface area contributed by atoms with E-state index in [0.29, 0.717) is 0 Å². The summed E-state index contributed by atoms with van der Waals surface area (Å²) in [7, 11) is -2.80. The van der Waals surface area contributed by atoms with Gasteiger partial charge in [-0.1, -0.05) is 158 Å². The molecule has 2 heterocycles. The molecule has 49 heavy (non-hydrogen) atoms. The van der Waals surface area contributed by atoms with Gasteiger partial charge in [0.2, 0.25) is 0 Å². The molecule has 0 atom stereocenters. The fourth-order valence-corrected chi connectivity index (χ4v) is 15.6. The fraction of sp³-hybridized carbons (Fsp3) is 0. The van der Waals surface area contributed by atoms with Crippen LogP contribution in [-0.4, -0.2) is 8.07 Å². The van der Waals surface area contributed by atoms with Crippen molar-refractivity contribution in [3.63, 3.8) is 0 Å². The predicted octanol–water partition coefficient (Wildman–Crippen LogP) is 9.94. The van der Waals surface area contributed by atoms with E-state index in [1.165, 1.54) is 86.9 Å². The summed E-state index contributed by atoms with van der Waals surface area (Å²) in [6.45, 7) is 0. The lowest BCUT2D eigenvalue weighted by molar-refractivity contribution is 1.66. The maximum Gasteiger partial charge on any atom is 0.182 e. The number of benzene rings is 10. The lowest BCUT2D eigenvalue weighted by Crippen LogP contribution is -2.71.